The van der Waals surface area contributed by atoms with Gasteiger partial charge in [-0.1, -0.05) is 12.1 Å². The second kappa shape index (κ2) is 6.35. The maximum absolute atomic E-state index is 12.9. The third kappa shape index (κ3) is 2.66. The first-order valence-electron chi connectivity index (χ1n) is 8.90. The van der Waals surface area contributed by atoms with Gasteiger partial charge in [-0.3, -0.25) is 14.2 Å². The van der Waals surface area contributed by atoms with E-state index in [0.29, 0.717) is 17.6 Å². The normalized spacial score (nSPS) is 17.2. The number of aromatic nitrogens is 2. The average molecular weight is 379 g/mol. The van der Waals surface area contributed by atoms with Gasteiger partial charge in [0.25, 0.3) is 5.56 Å². The van der Waals surface area contributed by atoms with Crippen LogP contribution in [0.25, 0.3) is 22.1 Å². The summed E-state index contributed by atoms with van der Waals surface area (Å²) in [6.07, 6.45) is 3.38. The van der Waals surface area contributed by atoms with Gasteiger partial charge in [-0.15, -0.1) is 0 Å². The second-order valence-corrected chi connectivity index (χ2v) is 7.54. The Morgan fingerprint density at radius 2 is 2.19 bits per heavy atom. The highest BCUT2D eigenvalue weighted by Gasteiger charge is 2.30. The number of para-hydroxylation sites is 1. The van der Waals surface area contributed by atoms with E-state index in [-0.39, 0.29) is 29.6 Å². The molecule has 136 valence electrons. The van der Waals surface area contributed by atoms with Crippen LogP contribution in [0, 0.1) is 0 Å². The molecule has 1 aliphatic rings. The van der Waals surface area contributed by atoms with Crippen LogP contribution < -0.4 is 5.56 Å². The molecular formula is C20H17N3O3S. The molecule has 1 saturated heterocycles. The largest absolute Gasteiger partial charge is 0.448 e. The molecule has 0 bridgehead atoms. The van der Waals surface area contributed by atoms with Crippen molar-refractivity contribution in [2.75, 3.05) is 6.54 Å². The number of amides is 1. The molecule has 1 aliphatic heterocycles. The van der Waals surface area contributed by atoms with Gasteiger partial charge in [-0.2, -0.15) is 11.3 Å². The van der Waals surface area contributed by atoms with Crippen LogP contribution >= 0.6 is 11.3 Å². The summed E-state index contributed by atoms with van der Waals surface area (Å²) in [6.45, 7) is 0.688. The van der Waals surface area contributed by atoms with Crippen molar-refractivity contribution in [2.45, 2.75) is 25.4 Å². The van der Waals surface area contributed by atoms with E-state index in [1.54, 1.807) is 11.3 Å². The van der Waals surface area contributed by atoms with Crippen molar-refractivity contribution >= 4 is 39.3 Å². The lowest BCUT2D eigenvalue weighted by molar-refractivity contribution is -0.132. The molecule has 0 saturated carbocycles. The van der Waals surface area contributed by atoms with Gasteiger partial charge in [0.05, 0.1) is 12.4 Å². The fraction of sp³-hybridized carbons (Fsp3) is 0.250. The Morgan fingerprint density at radius 1 is 1.30 bits per heavy atom. The minimum atomic E-state index is -0.323. The molecule has 0 radical (unpaired) electrons. The highest BCUT2D eigenvalue weighted by atomic mass is 32.1. The number of fused-ring (bicyclic) bond motifs is 3. The molecule has 27 heavy (non-hydrogen) atoms. The smallest absolute Gasteiger partial charge is 0.297 e. The van der Waals surface area contributed by atoms with E-state index in [2.05, 4.69) is 16.4 Å². The lowest BCUT2D eigenvalue weighted by atomic mass is 10.1. The van der Waals surface area contributed by atoms with E-state index in [0.717, 1.165) is 18.2 Å². The first-order valence-corrected chi connectivity index (χ1v) is 9.85. The molecule has 0 N–H and O–H groups in total. The zero-order chi connectivity index (χ0) is 18.4. The Hall–Kier alpha value is -2.93. The lowest BCUT2D eigenvalue weighted by Crippen LogP contribution is -2.36. The summed E-state index contributed by atoms with van der Waals surface area (Å²) in [5.74, 6) is -0.0666. The van der Waals surface area contributed by atoms with E-state index in [4.69, 9.17) is 4.42 Å². The van der Waals surface area contributed by atoms with Crippen LogP contribution in [-0.2, 0) is 11.3 Å². The van der Waals surface area contributed by atoms with Gasteiger partial charge < -0.3 is 9.32 Å². The standard InChI is InChI=1S/C20H17N3O3S/c24-17(23-8-3-5-15(23)13-7-9-27-11-13)10-22-12-21-18-14-4-1-2-6-16(14)26-19(18)20(22)25/h1-2,4,6-7,9,11-12,15H,3,5,8,10H2. The third-order valence-corrected chi connectivity index (χ3v) is 5.86. The Labute approximate surface area is 158 Å². The molecule has 5 rings (SSSR count). The summed E-state index contributed by atoms with van der Waals surface area (Å²) in [6, 6.07) is 9.58. The van der Waals surface area contributed by atoms with Gasteiger partial charge in [-0.25, -0.2) is 4.98 Å². The minimum absolute atomic E-state index is 0.0283. The van der Waals surface area contributed by atoms with Crippen molar-refractivity contribution in [1.29, 1.82) is 0 Å². The summed E-state index contributed by atoms with van der Waals surface area (Å²) < 4.78 is 7.03. The first-order chi connectivity index (χ1) is 13.2. The Balaban J connectivity index is 1.47. The van der Waals surface area contributed by atoms with Crippen LogP contribution in [0.1, 0.15) is 24.4 Å². The molecular weight excluding hydrogens is 362 g/mol. The number of hydrogen-bond donors (Lipinski definition) is 0. The second-order valence-electron chi connectivity index (χ2n) is 6.76. The number of furan rings is 1. The first kappa shape index (κ1) is 16.3. The van der Waals surface area contributed by atoms with Gasteiger partial charge in [0.2, 0.25) is 11.5 Å². The monoisotopic (exact) mass is 379 g/mol. The van der Waals surface area contributed by atoms with E-state index >= 15 is 0 Å². The van der Waals surface area contributed by atoms with Crippen molar-refractivity contribution < 1.29 is 9.21 Å². The molecule has 1 amide bonds. The molecule has 7 heteroatoms. The molecule has 1 unspecified atom stereocenters. The summed E-state index contributed by atoms with van der Waals surface area (Å²) in [5.41, 5.74) is 2.21. The van der Waals surface area contributed by atoms with Gasteiger partial charge in [-0.05, 0) is 47.4 Å². The van der Waals surface area contributed by atoms with Gasteiger partial charge >= 0.3 is 0 Å². The van der Waals surface area contributed by atoms with Gasteiger partial charge in [0.15, 0.2) is 0 Å². The zero-order valence-electron chi connectivity index (χ0n) is 14.5. The number of nitrogens with zero attached hydrogens (tertiary/aromatic N) is 3. The molecule has 3 aromatic heterocycles. The summed E-state index contributed by atoms with van der Waals surface area (Å²) in [5, 5.41) is 4.92. The Bertz CT molecular complexity index is 1190. The molecule has 1 atom stereocenters. The average Bonchev–Trinajstić information content (AvgIpc) is 3.42. The van der Waals surface area contributed by atoms with Crippen LogP contribution in [0.2, 0.25) is 0 Å². The zero-order valence-corrected chi connectivity index (χ0v) is 15.3. The highest BCUT2D eigenvalue weighted by molar-refractivity contribution is 7.08. The number of thiophene rings is 1. The van der Waals surface area contributed by atoms with E-state index in [1.165, 1.54) is 16.5 Å². The molecule has 4 aromatic rings. The van der Waals surface area contributed by atoms with Crippen molar-refractivity contribution in [1.82, 2.24) is 14.5 Å². The Morgan fingerprint density at radius 3 is 3.04 bits per heavy atom. The third-order valence-electron chi connectivity index (χ3n) is 5.16. The predicted molar refractivity (Wildman–Crippen MR) is 104 cm³/mol. The van der Waals surface area contributed by atoms with E-state index < -0.39 is 0 Å². The SMILES string of the molecule is O=C(Cn1cnc2c(oc3ccccc32)c1=O)N1CCCC1c1ccsc1. The molecule has 1 fully saturated rings. The Kier molecular flexibility index (Phi) is 3.82. The van der Waals surface area contributed by atoms with Crippen LogP contribution in [0.15, 0.2) is 56.6 Å². The number of likely N-dealkylation sites (tertiary alicyclic amines) is 1. The van der Waals surface area contributed by atoms with E-state index in [1.807, 2.05) is 34.5 Å². The number of carbonyl (C=O) groups excluding carboxylic acids is 1. The summed E-state index contributed by atoms with van der Waals surface area (Å²) in [7, 11) is 0. The number of rotatable bonds is 3. The van der Waals surface area contributed by atoms with Crippen molar-refractivity contribution in [3.63, 3.8) is 0 Å². The van der Waals surface area contributed by atoms with Crippen LogP contribution in [0.5, 0.6) is 0 Å². The summed E-state index contributed by atoms with van der Waals surface area (Å²) >= 11 is 1.63. The molecule has 4 heterocycles. The van der Waals surface area contributed by atoms with Crippen LogP contribution in [0.3, 0.4) is 0 Å². The number of benzene rings is 1. The summed E-state index contributed by atoms with van der Waals surface area (Å²) in [4.78, 5) is 32.0. The van der Waals surface area contributed by atoms with E-state index in [9.17, 15) is 9.59 Å². The lowest BCUT2D eigenvalue weighted by Gasteiger charge is -2.24. The predicted octanol–water partition coefficient (Wildman–Crippen LogP) is 3.57. The van der Waals surface area contributed by atoms with Gasteiger partial charge in [0.1, 0.15) is 17.6 Å². The molecule has 6 nitrogen and oxygen atoms in total. The van der Waals surface area contributed by atoms with Crippen molar-refractivity contribution in [3.8, 4) is 0 Å². The van der Waals surface area contributed by atoms with Crippen LogP contribution in [0.4, 0.5) is 0 Å². The van der Waals surface area contributed by atoms with Crippen molar-refractivity contribution in [3.05, 3.63) is 63.3 Å². The highest BCUT2D eigenvalue weighted by Crippen LogP contribution is 2.33. The quantitative estimate of drug-likeness (QED) is 0.546. The molecule has 0 aliphatic carbocycles. The topological polar surface area (TPSA) is 68.3 Å². The minimum Gasteiger partial charge on any atom is -0.448 e. The maximum Gasteiger partial charge on any atom is 0.297 e. The number of hydrogen-bond acceptors (Lipinski definition) is 5. The maximum atomic E-state index is 12.9. The fourth-order valence-electron chi connectivity index (χ4n) is 3.84. The van der Waals surface area contributed by atoms with Gasteiger partial charge in [0, 0.05) is 11.9 Å². The molecule has 0 spiro atoms. The van der Waals surface area contributed by atoms with Crippen molar-refractivity contribution in [2.24, 2.45) is 0 Å². The molecule has 1 aromatic carbocycles. The van der Waals surface area contributed by atoms with Crippen LogP contribution in [-0.4, -0.2) is 26.9 Å². The fourth-order valence-corrected chi connectivity index (χ4v) is 4.55. The number of carbonyl (C=O) groups is 1.